The molecule has 1 aliphatic carbocycles. The molecule has 35 heavy (non-hydrogen) atoms. The summed E-state index contributed by atoms with van der Waals surface area (Å²) in [6, 6.07) is 16.6. The van der Waals surface area contributed by atoms with Gasteiger partial charge in [0, 0.05) is 37.8 Å². The molecule has 2 aliphatic heterocycles. The zero-order chi connectivity index (χ0) is 25.2. The van der Waals surface area contributed by atoms with Crippen molar-refractivity contribution in [2.75, 3.05) is 7.05 Å². The number of hydrogen-bond donors (Lipinski definition) is 1. The molecular weight excluding hydrogens is 613 g/mol. The number of para-hydroxylation sites is 1. The van der Waals surface area contributed by atoms with E-state index >= 15 is 0 Å². The first kappa shape index (κ1) is 27.3. The second-order valence-electron chi connectivity index (χ2n) is 11.8. The van der Waals surface area contributed by atoms with Crippen LogP contribution in [0.4, 0.5) is 17.1 Å². The fourth-order valence-corrected chi connectivity index (χ4v) is 5.54. The summed E-state index contributed by atoms with van der Waals surface area (Å²) < 4.78 is 4.37. The van der Waals surface area contributed by atoms with Crippen molar-refractivity contribution < 1.29 is 34.6 Å². The molecular formula is C30H37IrN2O2+. The first-order chi connectivity index (χ1) is 15.7. The molecule has 5 heteroatoms. The summed E-state index contributed by atoms with van der Waals surface area (Å²) in [7, 11) is 2.09. The molecule has 2 aromatic carbocycles. The van der Waals surface area contributed by atoms with Gasteiger partial charge in [-0.2, -0.15) is 6.07 Å². The SMILES string of the molecule is CC(=O)/C=C(/C)O.C[N+]1=C=[N+]2c3[c-]c4c(cc3C(C)(C)c3cccc1c32)C(C)(C)CCC4(C)C.[Ir]. The number of allylic oxidation sites excluding steroid dienone is 2. The van der Waals surface area contributed by atoms with Crippen LogP contribution in [-0.4, -0.2) is 28.5 Å². The summed E-state index contributed by atoms with van der Waals surface area (Å²) in [5.41, 5.74) is 9.65. The van der Waals surface area contributed by atoms with Gasteiger partial charge in [-0.1, -0.05) is 80.2 Å². The van der Waals surface area contributed by atoms with Crippen molar-refractivity contribution in [2.45, 2.75) is 84.5 Å². The van der Waals surface area contributed by atoms with Gasteiger partial charge in [-0.15, -0.1) is 17.2 Å². The second kappa shape index (κ2) is 8.96. The summed E-state index contributed by atoms with van der Waals surface area (Å²) in [4.78, 5) is 10.0. The number of aliphatic hydroxyl groups is 1. The van der Waals surface area contributed by atoms with Gasteiger partial charge in [0.2, 0.25) is 0 Å². The van der Waals surface area contributed by atoms with E-state index in [0.717, 1.165) is 0 Å². The fourth-order valence-electron chi connectivity index (χ4n) is 5.54. The van der Waals surface area contributed by atoms with E-state index in [9.17, 15) is 4.79 Å². The third kappa shape index (κ3) is 4.51. The molecule has 187 valence electrons. The van der Waals surface area contributed by atoms with E-state index in [2.05, 4.69) is 94.1 Å². The minimum absolute atomic E-state index is 0. The Hall–Kier alpha value is -2.32. The van der Waals surface area contributed by atoms with Crippen LogP contribution in [0.25, 0.3) is 0 Å². The predicted octanol–water partition coefficient (Wildman–Crippen LogP) is 6.81. The maximum Gasteiger partial charge on any atom is 0.494 e. The first-order valence-electron chi connectivity index (χ1n) is 12.1. The Labute approximate surface area is 223 Å². The van der Waals surface area contributed by atoms with Crippen molar-refractivity contribution in [3.8, 4) is 0 Å². The quantitative estimate of drug-likeness (QED) is 0.160. The zero-order valence-electron chi connectivity index (χ0n) is 22.4. The van der Waals surface area contributed by atoms with E-state index in [1.807, 2.05) is 0 Å². The van der Waals surface area contributed by atoms with Crippen LogP contribution in [0.5, 0.6) is 0 Å². The van der Waals surface area contributed by atoms with Crippen LogP contribution in [0.3, 0.4) is 0 Å². The third-order valence-electron chi connectivity index (χ3n) is 7.67. The molecule has 0 aromatic heterocycles. The number of hydrogen-bond acceptors (Lipinski definition) is 2. The molecule has 5 rings (SSSR count). The Kier molecular flexibility index (Phi) is 6.98. The first-order valence-corrected chi connectivity index (χ1v) is 12.1. The molecule has 1 radical (unpaired) electrons. The summed E-state index contributed by atoms with van der Waals surface area (Å²) in [5.74, 6) is -0.0625. The van der Waals surface area contributed by atoms with Gasteiger partial charge in [0.25, 0.3) is 11.4 Å². The monoisotopic (exact) mass is 650 g/mol. The molecule has 0 saturated heterocycles. The maximum atomic E-state index is 10.0. The number of rotatable bonds is 1. The normalized spacial score (nSPS) is 19.5. The Balaban J connectivity index is 0.000000378. The van der Waals surface area contributed by atoms with Gasteiger partial charge < -0.3 is 5.11 Å². The Bertz CT molecular complexity index is 1320. The number of aliphatic hydroxyl groups excluding tert-OH is 1. The molecule has 2 aromatic rings. The maximum absolute atomic E-state index is 10.0. The van der Waals surface area contributed by atoms with Crippen LogP contribution in [-0.2, 0) is 41.1 Å². The van der Waals surface area contributed by atoms with Gasteiger partial charge in [0.15, 0.2) is 12.8 Å². The molecule has 0 fully saturated rings. The van der Waals surface area contributed by atoms with Gasteiger partial charge in [-0.05, 0) is 31.1 Å². The van der Waals surface area contributed by atoms with Gasteiger partial charge in [0.05, 0.1) is 5.76 Å². The molecule has 1 N–H and O–H groups in total. The van der Waals surface area contributed by atoms with Crippen LogP contribution in [0.2, 0.25) is 0 Å². The number of carbonyl (C=O) groups is 1. The Morgan fingerprint density at radius 2 is 1.66 bits per heavy atom. The molecule has 0 bridgehead atoms. The van der Waals surface area contributed by atoms with E-state index in [1.54, 1.807) is 0 Å². The Morgan fingerprint density at radius 3 is 2.23 bits per heavy atom. The number of ketones is 1. The smallest absolute Gasteiger partial charge is 0.494 e. The van der Waals surface area contributed by atoms with Gasteiger partial charge in [-0.3, -0.25) is 4.79 Å². The molecule has 0 spiro atoms. The summed E-state index contributed by atoms with van der Waals surface area (Å²) >= 11 is 0. The van der Waals surface area contributed by atoms with Crippen molar-refractivity contribution in [3.63, 3.8) is 0 Å². The minimum Gasteiger partial charge on any atom is -0.512 e. The number of benzene rings is 2. The van der Waals surface area contributed by atoms with Gasteiger partial charge >= 0.3 is 6.01 Å². The number of carbonyl (C=O) groups excluding carboxylic acids is 1. The number of nitrogens with zero attached hydrogens (tertiary/aromatic N) is 2. The van der Waals surface area contributed by atoms with Crippen LogP contribution in [0, 0.1) is 6.07 Å². The van der Waals surface area contributed by atoms with E-state index in [4.69, 9.17) is 5.11 Å². The topological polar surface area (TPSA) is 43.3 Å². The third-order valence-corrected chi connectivity index (χ3v) is 7.67. The summed E-state index contributed by atoms with van der Waals surface area (Å²) in [6.45, 7) is 17.1. The van der Waals surface area contributed by atoms with Crippen molar-refractivity contribution in [1.82, 2.24) is 4.58 Å². The van der Waals surface area contributed by atoms with Crippen LogP contribution >= 0.6 is 0 Å². The molecule has 4 nitrogen and oxygen atoms in total. The molecule has 0 saturated carbocycles. The van der Waals surface area contributed by atoms with E-state index in [-0.39, 0.29) is 47.9 Å². The zero-order valence-corrected chi connectivity index (χ0v) is 24.8. The summed E-state index contributed by atoms with van der Waals surface area (Å²) in [5, 5.41) is 8.36. The molecule has 0 atom stereocenters. The minimum atomic E-state index is -0.125. The molecule has 3 aliphatic rings. The van der Waals surface area contributed by atoms with E-state index in [0.29, 0.717) is 0 Å². The number of fused-ring (bicyclic) bond motifs is 3. The predicted molar refractivity (Wildman–Crippen MR) is 139 cm³/mol. The molecule has 0 unspecified atom stereocenters. The van der Waals surface area contributed by atoms with Crippen LogP contribution < -0.4 is 4.58 Å². The van der Waals surface area contributed by atoms with Crippen molar-refractivity contribution in [2.24, 2.45) is 0 Å². The van der Waals surface area contributed by atoms with E-state index in [1.165, 1.54) is 72.1 Å². The van der Waals surface area contributed by atoms with E-state index < -0.39 is 0 Å². The van der Waals surface area contributed by atoms with Crippen molar-refractivity contribution in [3.05, 3.63) is 64.4 Å². The van der Waals surface area contributed by atoms with Crippen LogP contribution in [0.15, 0.2) is 36.1 Å². The standard InChI is InChI=1S/C25H29N2.C5H8O2.Ir/c1-23(2)11-12-24(3,4)18-14-21-19(13-17(18)23)25(5,6)16-9-8-10-20-22(16)27(21)15-26(20)7;1-4(6)3-5(2)7;/h8-10,13H,11-12H2,1-7H3;3,6H,1-2H3;/q+1;;/b;4-3-;. The fraction of sp³-hybridized carbons (Fsp3) is 0.467. The van der Waals surface area contributed by atoms with Gasteiger partial charge in [-0.25, -0.2) is 0 Å². The summed E-state index contributed by atoms with van der Waals surface area (Å²) in [6.07, 6.45) is 3.60. The second-order valence-corrected chi connectivity index (χ2v) is 11.8. The Morgan fingerprint density at radius 1 is 1.03 bits per heavy atom. The molecule has 2 heterocycles. The van der Waals surface area contributed by atoms with Gasteiger partial charge in [0.1, 0.15) is 5.69 Å². The largest absolute Gasteiger partial charge is 0.512 e. The average Bonchev–Trinajstić information content (AvgIpc) is 3.06. The van der Waals surface area contributed by atoms with Crippen molar-refractivity contribution >= 4 is 28.9 Å². The van der Waals surface area contributed by atoms with Crippen LogP contribution in [0.1, 0.15) is 90.5 Å². The van der Waals surface area contributed by atoms with Crippen molar-refractivity contribution in [1.29, 1.82) is 0 Å². The molecule has 0 amide bonds. The average molecular weight is 650 g/mol.